The standard InChI is InChI=1S/C35H39N3O2/c1-26-7-12-32(13-8-26)38-21-17-33(18-22-38)40-34-14-11-28-23-30(10-9-29(28)24-34)35(39)36-31-15-19-37(20-16-31)25-27-5-3-2-4-6-27/h2-14,23-24,31,33H,15-22,25H2,1H3,(H,36,39). The van der Waals surface area contributed by atoms with Crippen LogP contribution in [0.2, 0.25) is 0 Å². The van der Waals surface area contributed by atoms with Gasteiger partial charge < -0.3 is 15.0 Å². The van der Waals surface area contributed by atoms with Gasteiger partial charge in [0.2, 0.25) is 0 Å². The molecule has 0 bridgehead atoms. The summed E-state index contributed by atoms with van der Waals surface area (Å²) in [5.74, 6) is 0.921. The van der Waals surface area contributed by atoms with Crippen LogP contribution in [0.1, 0.15) is 47.2 Å². The summed E-state index contributed by atoms with van der Waals surface area (Å²) >= 11 is 0. The second-order valence-corrected chi connectivity index (χ2v) is 11.4. The predicted octanol–water partition coefficient (Wildman–Crippen LogP) is 6.59. The zero-order valence-electron chi connectivity index (χ0n) is 23.4. The molecule has 0 spiro atoms. The molecule has 2 aliphatic rings. The molecule has 5 heteroatoms. The molecule has 1 amide bonds. The van der Waals surface area contributed by atoms with Gasteiger partial charge in [-0.3, -0.25) is 9.69 Å². The molecule has 0 saturated carbocycles. The predicted molar refractivity (Wildman–Crippen MR) is 163 cm³/mol. The third-order valence-corrected chi connectivity index (χ3v) is 8.39. The molecule has 0 aliphatic carbocycles. The number of amides is 1. The van der Waals surface area contributed by atoms with Gasteiger partial charge in [-0.1, -0.05) is 60.2 Å². The molecule has 0 atom stereocenters. The average molecular weight is 534 g/mol. The van der Waals surface area contributed by atoms with Crippen molar-refractivity contribution >= 4 is 22.4 Å². The minimum atomic E-state index is 0.0177. The number of nitrogens with one attached hydrogen (secondary N) is 1. The van der Waals surface area contributed by atoms with Crippen LogP contribution in [0, 0.1) is 6.92 Å². The van der Waals surface area contributed by atoms with Gasteiger partial charge in [0.15, 0.2) is 0 Å². The quantitative estimate of drug-likeness (QED) is 0.291. The van der Waals surface area contributed by atoms with Gasteiger partial charge in [0.05, 0.1) is 0 Å². The lowest BCUT2D eigenvalue weighted by molar-refractivity contribution is 0.0909. The molecule has 2 heterocycles. The van der Waals surface area contributed by atoms with E-state index in [1.165, 1.54) is 16.8 Å². The monoisotopic (exact) mass is 533 g/mol. The average Bonchev–Trinajstić information content (AvgIpc) is 2.99. The lowest BCUT2D eigenvalue weighted by Gasteiger charge is -2.33. The number of anilines is 1. The number of carbonyl (C=O) groups is 1. The van der Waals surface area contributed by atoms with Gasteiger partial charge in [-0.25, -0.2) is 0 Å². The van der Waals surface area contributed by atoms with E-state index in [1.54, 1.807) is 0 Å². The molecule has 4 aromatic carbocycles. The third kappa shape index (κ3) is 6.48. The van der Waals surface area contributed by atoms with Crippen molar-refractivity contribution in [3.63, 3.8) is 0 Å². The Morgan fingerprint density at radius 3 is 2.25 bits per heavy atom. The molecule has 2 fully saturated rings. The minimum absolute atomic E-state index is 0.0177. The van der Waals surface area contributed by atoms with Crippen molar-refractivity contribution in [3.8, 4) is 5.75 Å². The third-order valence-electron chi connectivity index (χ3n) is 8.39. The number of fused-ring (bicyclic) bond motifs is 1. The van der Waals surface area contributed by atoms with Crippen LogP contribution in [0.5, 0.6) is 5.75 Å². The summed E-state index contributed by atoms with van der Waals surface area (Å²) in [6.07, 6.45) is 4.21. The van der Waals surface area contributed by atoms with Crippen molar-refractivity contribution < 1.29 is 9.53 Å². The van der Waals surface area contributed by atoms with Gasteiger partial charge >= 0.3 is 0 Å². The molecule has 0 radical (unpaired) electrons. The highest BCUT2D eigenvalue weighted by molar-refractivity contribution is 5.99. The Kier molecular flexibility index (Phi) is 8.01. The highest BCUT2D eigenvalue weighted by atomic mass is 16.5. The van der Waals surface area contributed by atoms with E-state index in [1.807, 2.05) is 24.3 Å². The van der Waals surface area contributed by atoms with Gasteiger partial charge in [0, 0.05) is 62.9 Å². The second-order valence-electron chi connectivity index (χ2n) is 11.4. The number of rotatable bonds is 7. The van der Waals surface area contributed by atoms with Crippen LogP contribution in [0.3, 0.4) is 0 Å². The highest BCUT2D eigenvalue weighted by Gasteiger charge is 2.22. The molecular formula is C35H39N3O2. The maximum Gasteiger partial charge on any atom is 0.251 e. The van der Waals surface area contributed by atoms with Gasteiger partial charge in [-0.05, 0) is 72.5 Å². The molecule has 2 saturated heterocycles. The van der Waals surface area contributed by atoms with E-state index in [2.05, 4.69) is 88.8 Å². The maximum absolute atomic E-state index is 13.1. The molecule has 0 aromatic heterocycles. The molecule has 5 nitrogen and oxygen atoms in total. The summed E-state index contributed by atoms with van der Waals surface area (Å²) in [7, 11) is 0. The van der Waals surface area contributed by atoms with Crippen molar-refractivity contribution in [2.24, 2.45) is 0 Å². The molecule has 1 N–H and O–H groups in total. The number of benzene rings is 4. The summed E-state index contributed by atoms with van der Waals surface area (Å²) in [4.78, 5) is 18.0. The first-order valence-corrected chi connectivity index (χ1v) is 14.7. The number of hydrogen-bond donors (Lipinski definition) is 1. The number of carbonyl (C=O) groups excluding carboxylic acids is 1. The van der Waals surface area contributed by atoms with Gasteiger partial charge in [-0.15, -0.1) is 0 Å². The van der Waals surface area contributed by atoms with Crippen LogP contribution in [-0.2, 0) is 6.54 Å². The van der Waals surface area contributed by atoms with Crippen molar-refractivity contribution in [2.75, 3.05) is 31.1 Å². The van der Waals surface area contributed by atoms with Crippen molar-refractivity contribution in [2.45, 2.75) is 51.3 Å². The summed E-state index contributed by atoms with van der Waals surface area (Å²) < 4.78 is 6.38. The smallest absolute Gasteiger partial charge is 0.251 e. The molecule has 40 heavy (non-hydrogen) atoms. The number of aryl methyl sites for hydroxylation is 1. The Morgan fingerprint density at radius 2 is 1.50 bits per heavy atom. The summed E-state index contributed by atoms with van der Waals surface area (Å²) in [5.41, 5.74) is 4.65. The molecule has 6 rings (SSSR count). The van der Waals surface area contributed by atoms with Crippen molar-refractivity contribution in [3.05, 3.63) is 108 Å². The Balaban J connectivity index is 0.997. The lowest BCUT2D eigenvalue weighted by atomic mass is 10.0. The number of likely N-dealkylation sites (tertiary alicyclic amines) is 1. The van der Waals surface area contributed by atoms with Crippen LogP contribution >= 0.6 is 0 Å². The lowest BCUT2D eigenvalue weighted by Crippen LogP contribution is -2.44. The fourth-order valence-corrected chi connectivity index (χ4v) is 5.96. The highest BCUT2D eigenvalue weighted by Crippen LogP contribution is 2.27. The van der Waals surface area contributed by atoms with Gasteiger partial charge in [-0.2, -0.15) is 0 Å². The largest absolute Gasteiger partial charge is 0.490 e. The molecule has 206 valence electrons. The topological polar surface area (TPSA) is 44.8 Å². The maximum atomic E-state index is 13.1. The molecule has 4 aromatic rings. The zero-order chi connectivity index (χ0) is 27.3. The zero-order valence-corrected chi connectivity index (χ0v) is 23.4. The SMILES string of the molecule is Cc1ccc(N2CCC(Oc3ccc4cc(C(=O)NC5CCN(Cc6ccccc6)CC5)ccc4c3)CC2)cc1. The number of piperidine rings is 2. The van der Waals surface area contributed by atoms with E-state index in [0.717, 1.165) is 80.5 Å². The fourth-order valence-electron chi connectivity index (χ4n) is 5.96. The van der Waals surface area contributed by atoms with E-state index < -0.39 is 0 Å². The Morgan fingerprint density at radius 1 is 0.800 bits per heavy atom. The second kappa shape index (κ2) is 12.1. The van der Waals surface area contributed by atoms with E-state index in [0.29, 0.717) is 0 Å². The number of hydrogen-bond acceptors (Lipinski definition) is 4. The fraction of sp³-hybridized carbons (Fsp3) is 0.343. The van der Waals surface area contributed by atoms with E-state index in [4.69, 9.17) is 4.74 Å². The van der Waals surface area contributed by atoms with E-state index in [-0.39, 0.29) is 18.1 Å². The molecular weight excluding hydrogens is 494 g/mol. The van der Waals surface area contributed by atoms with Crippen LogP contribution in [0.25, 0.3) is 10.8 Å². The van der Waals surface area contributed by atoms with Gasteiger partial charge in [0.1, 0.15) is 11.9 Å². The van der Waals surface area contributed by atoms with Gasteiger partial charge in [0.25, 0.3) is 5.91 Å². The first-order chi connectivity index (χ1) is 19.6. The van der Waals surface area contributed by atoms with Crippen LogP contribution in [0.15, 0.2) is 91.0 Å². The van der Waals surface area contributed by atoms with E-state index in [9.17, 15) is 4.79 Å². The first kappa shape index (κ1) is 26.4. The molecule has 0 unspecified atom stereocenters. The molecule has 2 aliphatic heterocycles. The first-order valence-electron chi connectivity index (χ1n) is 14.7. The Labute approximate surface area is 237 Å². The van der Waals surface area contributed by atoms with Crippen molar-refractivity contribution in [1.29, 1.82) is 0 Å². The summed E-state index contributed by atoms with van der Waals surface area (Å²) in [6, 6.07) is 31.8. The summed E-state index contributed by atoms with van der Waals surface area (Å²) in [6.45, 7) is 7.12. The minimum Gasteiger partial charge on any atom is -0.490 e. The Bertz CT molecular complexity index is 1420. The van der Waals surface area contributed by atoms with Crippen molar-refractivity contribution in [1.82, 2.24) is 10.2 Å². The van der Waals surface area contributed by atoms with Crippen LogP contribution in [0.4, 0.5) is 5.69 Å². The van der Waals surface area contributed by atoms with Crippen LogP contribution in [-0.4, -0.2) is 49.1 Å². The normalized spacial score (nSPS) is 17.2. The van der Waals surface area contributed by atoms with E-state index >= 15 is 0 Å². The number of ether oxygens (including phenoxy) is 1. The number of nitrogens with zero attached hydrogens (tertiary/aromatic N) is 2. The van der Waals surface area contributed by atoms with Crippen LogP contribution < -0.4 is 15.0 Å². The Hall–Kier alpha value is -3.83. The summed E-state index contributed by atoms with van der Waals surface area (Å²) in [5, 5.41) is 5.43.